The number of hydrogen-bond donors (Lipinski definition) is 1. The van der Waals surface area contributed by atoms with Crippen LogP contribution in [0.15, 0.2) is 0 Å². The minimum absolute atomic E-state index is 0.0634. The number of nitrogens with one attached hydrogen (secondary N) is 1. The molecule has 1 amide bonds. The summed E-state index contributed by atoms with van der Waals surface area (Å²) in [5.41, 5.74) is 0. The Labute approximate surface area is 97.2 Å². The Bertz CT molecular complexity index is 189. The summed E-state index contributed by atoms with van der Waals surface area (Å²) < 4.78 is 0. The molecule has 1 saturated heterocycles. The van der Waals surface area contributed by atoms with Gasteiger partial charge in [-0.1, -0.05) is 12.8 Å². The maximum Gasteiger partial charge on any atom is 0.237 e. The van der Waals surface area contributed by atoms with Gasteiger partial charge in [0.1, 0.15) is 5.38 Å². The molecule has 1 N–H and O–H groups in total. The highest BCUT2D eigenvalue weighted by molar-refractivity contribution is 6.30. The zero-order chi connectivity index (χ0) is 11.1. The number of carbonyl (C=O) groups is 1. The van der Waals surface area contributed by atoms with Gasteiger partial charge in [-0.25, -0.2) is 0 Å². The first-order chi connectivity index (χ1) is 7.20. The van der Waals surface area contributed by atoms with Gasteiger partial charge in [0.05, 0.1) is 0 Å². The van der Waals surface area contributed by atoms with Gasteiger partial charge in [-0.3, -0.25) is 4.79 Å². The second-order valence-corrected chi connectivity index (χ2v) is 4.82. The van der Waals surface area contributed by atoms with Crippen LogP contribution >= 0.6 is 11.6 Å². The Balaban J connectivity index is 2.10. The molecule has 1 aliphatic rings. The van der Waals surface area contributed by atoms with Crippen molar-refractivity contribution in [2.24, 2.45) is 0 Å². The van der Waals surface area contributed by atoms with Gasteiger partial charge in [-0.15, -0.1) is 11.6 Å². The summed E-state index contributed by atoms with van der Waals surface area (Å²) in [6.07, 6.45) is 5.28. The van der Waals surface area contributed by atoms with E-state index in [1.165, 1.54) is 38.8 Å². The highest BCUT2D eigenvalue weighted by Gasteiger charge is 2.10. The summed E-state index contributed by atoms with van der Waals surface area (Å²) in [5.74, 6) is -0.0634. The van der Waals surface area contributed by atoms with E-state index in [9.17, 15) is 4.79 Å². The quantitative estimate of drug-likeness (QED) is 0.747. The molecule has 0 aliphatic carbocycles. The van der Waals surface area contributed by atoms with Gasteiger partial charge in [0.25, 0.3) is 0 Å². The first-order valence-electron chi connectivity index (χ1n) is 5.84. The number of alkyl halides is 1. The molecule has 1 rings (SSSR count). The molecule has 1 heterocycles. The van der Waals surface area contributed by atoms with Crippen molar-refractivity contribution in [1.82, 2.24) is 10.2 Å². The summed E-state index contributed by atoms with van der Waals surface area (Å²) in [5, 5.41) is 2.42. The Morgan fingerprint density at radius 2 is 1.93 bits per heavy atom. The molecule has 0 aromatic rings. The van der Waals surface area contributed by atoms with Gasteiger partial charge in [0.15, 0.2) is 0 Å². The molecule has 1 fully saturated rings. The molecular formula is C11H21ClN2O. The van der Waals surface area contributed by atoms with E-state index in [1.54, 1.807) is 6.92 Å². The molecule has 0 aromatic heterocycles. The molecular weight excluding hydrogens is 212 g/mol. The van der Waals surface area contributed by atoms with Crippen molar-refractivity contribution in [1.29, 1.82) is 0 Å². The predicted molar refractivity (Wildman–Crippen MR) is 63.2 cm³/mol. The average molecular weight is 233 g/mol. The van der Waals surface area contributed by atoms with Crippen LogP contribution < -0.4 is 5.32 Å². The first kappa shape index (κ1) is 12.8. The average Bonchev–Trinajstić information content (AvgIpc) is 2.46. The minimum atomic E-state index is -0.422. The van der Waals surface area contributed by atoms with Crippen LogP contribution in [0.25, 0.3) is 0 Å². The van der Waals surface area contributed by atoms with Crippen LogP contribution in [0.2, 0.25) is 0 Å². The van der Waals surface area contributed by atoms with E-state index >= 15 is 0 Å². The molecule has 3 nitrogen and oxygen atoms in total. The molecule has 4 heteroatoms. The Morgan fingerprint density at radius 3 is 2.47 bits per heavy atom. The van der Waals surface area contributed by atoms with Crippen molar-refractivity contribution in [3.63, 3.8) is 0 Å². The lowest BCUT2D eigenvalue weighted by atomic mass is 10.2. The number of likely N-dealkylation sites (tertiary alicyclic amines) is 1. The van der Waals surface area contributed by atoms with Crippen molar-refractivity contribution in [3.05, 3.63) is 0 Å². The SMILES string of the molecule is CC(Cl)C(=O)NCCN1CCCCCC1. The fourth-order valence-corrected chi connectivity index (χ4v) is 1.91. The predicted octanol–water partition coefficient (Wildman–Crippen LogP) is 1.61. The van der Waals surface area contributed by atoms with Crippen molar-refractivity contribution in [2.45, 2.75) is 38.0 Å². The topological polar surface area (TPSA) is 32.3 Å². The second kappa shape index (κ2) is 7.07. The summed E-state index contributed by atoms with van der Waals surface area (Å²) >= 11 is 5.65. The summed E-state index contributed by atoms with van der Waals surface area (Å²) in [6.45, 7) is 5.71. The van der Waals surface area contributed by atoms with Gasteiger partial charge in [-0.05, 0) is 32.9 Å². The van der Waals surface area contributed by atoms with Crippen molar-refractivity contribution < 1.29 is 4.79 Å². The van der Waals surface area contributed by atoms with Crippen molar-refractivity contribution in [3.8, 4) is 0 Å². The molecule has 0 spiro atoms. The van der Waals surface area contributed by atoms with Crippen LogP contribution in [-0.2, 0) is 4.79 Å². The van der Waals surface area contributed by atoms with Gasteiger partial charge in [-0.2, -0.15) is 0 Å². The third-order valence-corrected chi connectivity index (χ3v) is 2.99. The molecule has 0 radical (unpaired) electrons. The maximum atomic E-state index is 11.2. The lowest BCUT2D eigenvalue weighted by Crippen LogP contribution is -2.37. The first-order valence-corrected chi connectivity index (χ1v) is 6.28. The number of carbonyl (C=O) groups excluding carboxylic acids is 1. The van der Waals surface area contributed by atoms with E-state index in [4.69, 9.17) is 11.6 Å². The van der Waals surface area contributed by atoms with Crippen LogP contribution in [0.4, 0.5) is 0 Å². The third kappa shape index (κ3) is 5.38. The summed E-state index contributed by atoms with van der Waals surface area (Å²) in [7, 11) is 0. The molecule has 0 bridgehead atoms. The van der Waals surface area contributed by atoms with Gasteiger partial charge in [0, 0.05) is 13.1 Å². The lowest BCUT2D eigenvalue weighted by molar-refractivity contribution is -0.120. The smallest absolute Gasteiger partial charge is 0.237 e. The highest BCUT2D eigenvalue weighted by atomic mass is 35.5. The largest absolute Gasteiger partial charge is 0.354 e. The maximum absolute atomic E-state index is 11.2. The summed E-state index contributed by atoms with van der Waals surface area (Å²) in [6, 6.07) is 0. The second-order valence-electron chi connectivity index (χ2n) is 4.16. The number of halogens is 1. The monoisotopic (exact) mass is 232 g/mol. The number of rotatable bonds is 4. The van der Waals surface area contributed by atoms with Crippen LogP contribution in [0.3, 0.4) is 0 Å². The fraction of sp³-hybridized carbons (Fsp3) is 0.909. The standard InChI is InChI=1S/C11H21ClN2O/c1-10(12)11(15)13-6-9-14-7-4-2-3-5-8-14/h10H,2-9H2,1H3,(H,13,15). The highest BCUT2D eigenvalue weighted by Crippen LogP contribution is 2.08. The van der Waals surface area contributed by atoms with E-state index in [-0.39, 0.29) is 5.91 Å². The van der Waals surface area contributed by atoms with Crippen LogP contribution in [-0.4, -0.2) is 42.4 Å². The molecule has 1 atom stereocenters. The van der Waals surface area contributed by atoms with Gasteiger partial charge in [0.2, 0.25) is 5.91 Å². The summed E-state index contributed by atoms with van der Waals surface area (Å²) in [4.78, 5) is 13.6. The normalized spacial score (nSPS) is 20.7. The fourth-order valence-electron chi connectivity index (χ4n) is 1.84. The molecule has 88 valence electrons. The molecule has 1 unspecified atom stereocenters. The van der Waals surface area contributed by atoms with Crippen LogP contribution in [0.1, 0.15) is 32.6 Å². The molecule has 15 heavy (non-hydrogen) atoms. The van der Waals surface area contributed by atoms with E-state index < -0.39 is 5.38 Å². The number of amides is 1. The van der Waals surface area contributed by atoms with Crippen molar-refractivity contribution in [2.75, 3.05) is 26.2 Å². The molecule has 0 aromatic carbocycles. The van der Waals surface area contributed by atoms with E-state index in [2.05, 4.69) is 10.2 Å². The van der Waals surface area contributed by atoms with Crippen LogP contribution in [0, 0.1) is 0 Å². The Hall–Kier alpha value is -0.280. The Morgan fingerprint density at radius 1 is 1.33 bits per heavy atom. The lowest BCUT2D eigenvalue weighted by Gasteiger charge is -2.19. The van der Waals surface area contributed by atoms with Crippen LogP contribution in [0.5, 0.6) is 0 Å². The number of hydrogen-bond acceptors (Lipinski definition) is 2. The van der Waals surface area contributed by atoms with E-state index in [0.29, 0.717) is 0 Å². The molecule has 1 aliphatic heterocycles. The third-order valence-electron chi connectivity index (χ3n) is 2.79. The molecule has 0 saturated carbocycles. The minimum Gasteiger partial charge on any atom is -0.354 e. The van der Waals surface area contributed by atoms with Gasteiger partial charge >= 0.3 is 0 Å². The Kier molecular flexibility index (Phi) is 6.03. The van der Waals surface area contributed by atoms with E-state index in [1.807, 2.05) is 0 Å². The van der Waals surface area contributed by atoms with Crippen molar-refractivity contribution >= 4 is 17.5 Å². The van der Waals surface area contributed by atoms with E-state index in [0.717, 1.165) is 13.1 Å². The number of nitrogens with zero attached hydrogens (tertiary/aromatic N) is 1. The zero-order valence-electron chi connectivity index (χ0n) is 9.47. The van der Waals surface area contributed by atoms with Gasteiger partial charge < -0.3 is 10.2 Å². The zero-order valence-corrected chi connectivity index (χ0v) is 10.2.